The fourth-order valence-electron chi connectivity index (χ4n) is 3.90. The molecule has 18 heavy (non-hydrogen) atoms. The van der Waals surface area contributed by atoms with E-state index in [0.717, 1.165) is 19.4 Å². The van der Waals surface area contributed by atoms with E-state index in [2.05, 4.69) is 0 Å². The number of amides is 1. The molecule has 5 heteroatoms. The molecule has 0 aromatic rings. The van der Waals surface area contributed by atoms with Crippen molar-refractivity contribution < 1.29 is 13.2 Å². The molecule has 1 saturated carbocycles. The third-order valence-corrected chi connectivity index (χ3v) is 6.64. The number of nitrogens with zero attached hydrogens (tertiary/aromatic N) is 1. The summed E-state index contributed by atoms with van der Waals surface area (Å²) >= 11 is 0. The molecule has 0 radical (unpaired) electrons. The van der Waals surface area contributed by atoms with Crippen molar-refractivity contribution in [2.75, 3.05) is 18.1 Å². The minimum Gasteiger partial charge on any atom is -0.339 e. The van der Waals surface area contributed by atoms with Crippen molar-refractivity contribution in [1.29, 1.82) is 0 Å². The van der Waals surface area contributed by atoms with Crippen molar-refractivity contribution in [3.8, 4) is 0 Å². The summed E-state index contributed by atoms with van der Waals surface area (Å²) in [6.45, 7) is 0.852. The highest BCUT2D eigenvalue weighted by molar-refractivity contribution is 7.91. The molecule has 3 aliphatic rings. The Bertz CT molecular complexity index is 445. The Labute approximate surface area is 109 Å². The number of hydrogen-bond donors (Lipinski definition) is 0. The maximum absolute atomic E-state index is 12.5. The summed E-state index contributed by atoms with van der Waals surface area (Å²) in [5.41, 5.74) is 0. The molecule has 0 N–H and O–H groups in total. The largest absolute Gasteiger partial charge is 0.339 e. The predicted molar refractivity (Wildman–Crippen MR) is 68.8 cm³/mol. The van der Waals surface area contributed by atoms with Crippen LogP contribution in [-0.2, 0) is 14.6 Å². The molecular weight excluding hydrogens is 250 g/mol. The Balaban J connectivity index is 1.70. The van der Waals surface area contributed by atoms with Crippen LogP contribution in [0, 0.1) is 11.8 Å². The topological polar surface area (TPSA) is 54.5 Å². The standard InChI is InChI=1S/C13H21NO3S/c15-13(11-6-8-18(16,17)9-11)14-7-5-10-3-1-2-4-12(10)14/h10-12H,1-9H2. The summed E-state index contributed by atoms with van der Waals surface area (Å²) in [4.78, 5) is 14.5. The van der Waals surface area contributed by atoms with E-state index in [-0.39, 0.29) is 23.3 Å². The van der Waals surface area contributed by atoms with Crippen LogP contribution >= 0.6 is 0 Å². The molecular formula is C13H21NO3S. The monoisotopic (exact) mass is 271 g/mol. The van der Waals surface area contributed by atoms with Gasteiger partial charge in [-0.3, -0.25) is 4.79 Å². The van der Waals surface area contributed by atoms with Gasteiger partial charge in [-0.15, -0.1) is 0 Å². The van der Waals surface area contributed by atoms with Gasteiger partial charge in [-0.2, -0.15) is 0 Å². The highest BCUT2D eigenvalue weighted by atomic mass is 32.2. The van der Waals surface area contributed by atoms with Crippen molar-refractivity contribution in [1.82, 2.24) is 4.90 Å². The molecule has 3 fully saturated rings. The van der Waals surface area contributed by atoms with E-state index >= 15 is 0 Å². The lowest BCUT2D eigenvalue weighted by molar-refractivity contribution is -0.136. The summed E-state index contributed by atoms with van der Waals surface area (Å²) in [6.07, 6.45) is 6.53. The normalized spacial score (nSPS) is 38.7. The second kappa shape index (κ2) is 4.51. The molecule has 2 heterocycles. The van der Waals surface area contributed by atoms with Gasteiger partial charge in [0.25, 0.3) is 0 Å². The maximum atomic E-state index is 12.5. The fourth-order valence-corrected chi connectivity index (χ4v) is 5.64. The van der Waals surface area contributed by atoms with Crippen LogP contribution < -0.4 is 0 Å². The van der Waals surface area contributed by atoms with E-state index in [1.54, 1.807) is 0 Å². The summed E-state index contributed by atoms with van der Waals surface area (Å²) < 4.78 is 22.9. The van der Waals surface area contributed by atoms with Gasteiger partial charge in [0.15, 0.2) is 9.84 Å². The Morgan fingerprint density at radius 3 is 2.56 bits per heavy atom. The van der Waals surface area contributed by atoms with Gasteiger partial charge in [-0.1, -0.05) is 12.8 Å². The number of carbonyl (C=O) groups excluding carboxylic acids is 1. The molecule has 0 aromatic carbocycles. The molecule has 0 spiro atoms. The summed E-state index contributed by atoms with van der Waals surface area (Å²) in [6, 6.07) is 0.412. The first kappa shape index (κ1) is 12.5. The van der Waals surface area contributed by atoms with Crippen LogP contribution in [0.25, 0.3) is 0 Å². The van der Waals surface area contributed by atoms with E-state index in [9.17, 15) is 13.2 Å². The molecule has 102 valence electrons. The van der Waals surface area contributed by atoms with E-state index in [4.69, 9.17) is 0 Å². The first-order valence-electron chi connectivity index (χ1n) is 7.08. The average molecular weight is 271 g/mol. The second-order valence-electron chi connectivity index (χ2n) is 6.03. The van der Waals surface area contributed by atoms with E-state index in [0.29, 0.717) is 18.4 Å². The Morgan fingerprint density at radius 2 is 1.83 bits per heavy atom. The zero-order valence-electron chi connectivity index (χ0n) is 10.7. The van der Waals surface area contributed by atoms with Crippen LogP contribution in [0.2, 0.25) is 0 Å². The third-order valence-electron chi connectivity index (χ3n) is 4.87. The van der Waals surface area contributed by atoms with Gasteiger partial charge in [0.05, 0.1) is 17.4 Å². The van der Waals surface area contributed by atoms with Crippen molar-refractivity contribution >= 4 is 15.7 Å². The van der Waals surface area contributed by atoms with Gasteiger partial charge in [0.1, 0.15) is 0 Å². The van der Waals surface area contributed by atoms with Gasteiger partial charge in [0, 0.05) is 12.6 Å². The van der Waals surface area contributed by atoms with Gasteiger partial charge >= 0.3 is 0 Å². The first-order chi connectivity index (χ1) is 8.57. The number of sulfone groups is 1. The van der Waals surface area contributed by atoms with E-state index < -0.39 is 9.84 Å². The van der Waals surface area contributed by atoms with Crippen LogP contribution in [0.5, 0.6) is 0 Å². The number of carbonyl (C=O) groups is 1. The lowest BCUT2D eigenvalue weighted by Crippen LogP contribution is -2.42. The predicted octanol–water partition coefficient (Wildman–Crippen LogP) is 1.21. The lowest BCUT2D eigenvalue weighted by atomic mass is 9.85. The van der Waals surface area contributed by atoms with Crippen molar-refractivity contribution in [2.24, 2.45) is 11.8 Å². The zero-order chi connectivity index (χ0) is 12.8. The third kappa shape index (κ3) is 2.17. The van der Waals surface area contributed by atoms with Crippen LogP contribution in [0.3, 0.4) is 0 Å². The van der Waals surface area contributed by atoms with Gasteiger partial charge in [0.2, 0.25) is 5.91 Å². The quantitative estimate of drug-likeness (QED) is 0.720. The number of rotatable bonds is 1. The molecule has 3 unspecified atom stereocenters. The number of fused-ring (bicyclic) bond motifs is 1. The molecule has 2 aliphatic heterocycles. The van der Waals surface area contributed by atoms with Crippen molar-refractivity contribution in [2.45, 2.75) is 44.6 Å². The fraction of sp³-hybridized carbons (Fsp3) is 0.923. The van der Waals surface area contributed by atoms with E-state index in [1.165, 1.54) is 19.3 Å². The van der Waals surface area contributed by atoms with Gasteiger partial charge in [-0.05, 0) is 31.6 Å². The molecule has 2 saturated heterocycles. The summed E-state index contributed by atoms with van der Waals surface area (Å²) in [5.74, 6) is 0.826. The highest BCUT2D eigenvalue weighted by Gasteiger charge is 2.42. The van der Waals surface area contributed by atoms with Crippen molar-refractivity contribution in [3.63, 3.8) is 0 Å². The summed E-state index contributed by atoms with van der Waals surface area (Å²) in [7, 11) is -2.95. The minimum atomic E-state index is -2.95. The van der Waals surface area contributed by atoms with Crippen LogP contribution in [0.4, 0.5) is 0 Å². The Morgan fingerprint density at radius 1 is 1.06 bits per heavy atom. The van der Waals surface area contributed by atoms with E-state index in [1.807, 2.05) is 4.90 Å². The molecule has 4 nitrogen and oxygen atoms in total. The molecule has 0 aromatic heterocycles. The molecule has 0 bridgehead atoms. The average Bonchev–Trinajstić information content (AvgIpc) is 2.91. The van der Waals surface area contributed by atoms with Crippen LogP contribution in [0.1, 0.15) is 38.5 Å². The first-order valence-corrected chi connectivity index (χ1v) is 8.90. The molecule has 3 rings (SSSR count). The Hall–Kier alpha value is -0.580. The van der Waals surface area contributed by atoms with Crippen molar-refractivity contribution in [3.05, 3.63) is 0 Å². The van der Waals surface area contributed by atoms with Gasteiger partial charge in [-0.25, -0.2) is 8.42 Å². The maximum Gasteiger partial charge on any atom is 0.226 e. The zero-order valence-corrected chi connectivity index (χ0v) is 11.5. The molecule has 1 aliphatic carbocycles. The molecule has 3 atom stereocenters. The van der Waals surface area contributed by atoms with Crippen LogP contribution in [0.15, 0.2) is 0 Å². The number of hydrogen-bond acceptors (Lipinski definition) is 3. The van der Waals surface area contributed by atoms with Gasteiger partial charge < -0.3 is 4.90 Å². The lowest BCUT2D eigenvalue weighted by Gasteiger charge is -2.33. The minimum absolute atomic E-state index is 0.0831. The SMILES string of the molecule is O=C(C1CCS(=O)(=O)C1)N1CCC2CCCCC21. The smallest absolute Gasteiger partial charge is 0.226 e. The second-order valence-corrected chi connectivity index (χ2v) is 8.26. The summed E-state index contributed by atoms with van der Waals surface area (Å²) in [5, 5.41) is 0. The highest BCUT2D eigenvalue weighted by Crippen LogP contribution is 2.37. The molecule has 1 amide bonds. The Kier molecular flexibility index (Phi) is 3.12. The number of likely N-dealkylation sites (tertiary alicyclic amines) is 1. The van der Waals surface area contributed by atoms with Crippen LogP contribution in [-0.4, -0.2) is 43.3 Å².